The summed E-state index contributed by atoms with van der Waals surface area (Å²) in [6.45, 7) is 2.74. The van der Waals surface area contributed by atoms with Gasteiger partial charge in [0.05, 0.1) is 10.6 Å². The van der Waals surface area contributed by atoms with Gasteiger partial charge >= 0.3 is 0 Å². The van der Waals surface area contributed by atoms with E-state index in [4.69, 9.17) is 0 Å². The predicted octanol–water partition coefficient (Wildman–Crippen LogP) is 1.32. The zero-order valence-corrected chi connectivity index (χ0v) is 17.2. The highest BCUT2D eigenvalue weighted by Gasteiger charge is 2.29. The van der Waals surface area contributed by atoms with Crippen molar-refractivity contribution in [3.63, 3.8) is 0 Å². The summed E-state index contributed by atoms with van der Waals surface area (Å²) in [5, 5.41) is 1.60. The van der Waals surface area contributed by atoms with E-state index in [0.29, 0.717) is 18.7 Å². The van der Waals surface area contributed by atoms with E-state index in [1.165, 1.54) is 35.5 Å². The van der Waals surface area contributed by atoms with Gasteiger partial charge in [0, 0.05) is 45.7 Å². The minimum absolute atomic E-state index is 0.0575. The largest absolute Gasteiger partial charge is 0.340 e. The van der Waals surface area contributed by atoms with Crippen LogP contribution in [0.4, 0.5) is 5.69 Å². The first-order valence-corrected chi connectivity index (χ1v) is 10.7. The number of rotatable bonds is 5. The topological polar surface area (TPSA) is 90.0 Å². The number of piperazine rings is 1. The number of benzene rings is 2. The van der Waals surface area contributed by atoms with Crippen molar-refractivity contribution in [3.8, 4) is 0 Å². The number of hydrazine groups is 1. The quantitative estimate of drug-likeness (QED) is 0.743. The lowest BCUT2D eigenvalue weighted by molar-refractivity contribution is -0.129. The summed E-state index contributed by atoms with van der Waals surface area (Å²) in [5.41, 5.74) is 3.93. The second kappa shape index (κ2) is 8.62. The van der Waals surface area contributed by atoms with Crippen molar-refractivity contribution in [2.75, 3.05) is 38.2 Å². The molecule has 2 aromatic rings. The Hall–Kier alpha value is -2.91. The fourth-order valence-electron chi connectivity index (χ4n) is 3.10. The molecule has 1 heterocycles. The summed E-state index contributed by atoms with van der Waals surface area (Å²) in [7, 11) is -1.94. The van der Waals surface area contributed by atoms with Crippen LogP contribution >= 0.6 is 0 Å². The molecule has 1 aliphatic heterocycles. The fourth-order valence-corrected chi connectivity index (χ4v) is 4.53. The maximum Gasteiger partial charge on any atom is 0.269 e. The maximum atomic E-state index is 12.8. The van der Waals surface area contributed by atoms with Gasteiger partial charge in [-0.1, -0.05) is 18.2 Å². The summed E-state index contributed by atoms with van der Waals surface area (Å²) in [4.78, 5) is 25.6. The Kier molecular flexibility index (Phi) is 6.19. The Morgan fingerprint density at radius 1 is 0.931 bits per heavy atom. The Morgan fingerprint density at radius 3 is 2.07 bits per heavy atom. The number of anilines is 1. The number of carbonyl (C=O) groups is 2. The number of nitrogens with one attached hydrogen (secondary N) is 1. The number of hydrogen-bond acceptors (Lipinski definition) is 5. The highest BCUT2D eigenvalue weighted by Crippen LogP contribution is 2.19. The lowest BCUT2D eigenvalue weighted by atomic mass is 10.2. The SMILES string of the molecule is CC(=O)N1CCN(S(=O)(=O)c2ccc(C(=O)NN(C)c3ccccc3)cc2)CC1. The molecule has 3 rings (SSSR count). The number of carbonyl (C=O) groups excluding carboxylic acids is 2. The minimum Gasteiger partial charge on any atom is -0.340 e. The normalized spacial score (nSPS) is 15.0. The van der Waals surface area contributed by atoms with Gasteiger partial charge in [0.2, 0.25) is 15.9 Å². The zero-order valence-electron chi connectivity index (χ0n) is 16.4. The monoisotopic (exact) mass is 416 g/mol. The predicted molar refractivity (Wildman–Crippen MR) is 110 cm³/mol. The molecule has 2 aromatic carbocycles. The van der Waals surface area contributed by atoms with Crippen LogP contribution in [0.2, 0.25) is 0 Å². The first-order valence-electron chi connectivity index (χ1n) is 9.24. The summed E-state index contributed by atoms with van der Waals surface area (Å²) in [5.74, 6) is -0.395. The zero-order chi connectivity index (χ0) is 21.0. The molecule has 0 spiro atoms. The van der Waals surface area contributed by atoms with E-state index in [0.717, 1.165) is 5.69 Å². The van der Waals surface area contributed by atoms with Crippen LogP contribution in [0.3, 0.4) is 0 Å². The average molecular weight is 417 g/mol. The van der Waals surface area contributed by atoms with Crippen molar-refractivity contribution >= 4 is 27.5 Å². The highest BCUT2D eigenvalue weighted by molar-refractivity contribution is 7.89. The summed E-state index contributed by atoms with van der Waals surface area (Å²) < 4.78 is 27.0. The third-order valence-corrected chi connectivity index (χ3v) is 6.76. The van der Waals surface area contributed by atoms with E-state index in [1.54, 1.807) is 17.0 Å². The number of sulfonamides is 1. The third kappa shape index (κ3) is 4.75. The molecule has 1 aliphatic rings. The van der Waals surface area contributed by atoms with Crippen molar-refractivity contribution in [2.24, 2.45) is 0 Å². The van der Waals surface area contributed by atoms with Crippen LogP contribution in [0, 0.1) is 0 Å². The van der Waals surface area contributed by atoms with Crippen LogP contribution in [0.25, 0.3) is 0 Å². The number of nitrogens with zero attached hydrogens (tertiary/aromatic N) is 3. The van der Waals surface area contributed by atoms with Crippen molar-refractivity contribution in [1.82, 2.24) is 14.6 Å². The second-order valence-electron chi connectivity index (χ2n) is 6.77. The summed E-state index contributed by atoms with van der Waals surface area (Å²) in [6.07, 6.45) is 0. The lowest BCUT2D eigenvalue weighted by Crippen LogP contribution is -2.49. The molecule has 8 nitrogen and oxygen atoms in total. The van der Waals surface area contributed by atoms with Crippen molar-refractivity contribution in [3.05, 3.63) is 60.2 Å². The van der Waals surface area contributed by atoms with E-state index in [2.05, 4.69) is 5.43 Å². The van der Waals surface area contributed by atoms with Crippen LogP contribution in [0.15, 0.2) is 59.5 Å². The molecular weight excluding hydrogens is 392 g/mol. The van der Waals surface area contributed by atoms with Crippen LogP contribution in [-0.4, -0.2) is 62.7 Å². The number of hydrogen-bond donors (Lipinski definition) is 1. The molecule has 29 heavy (non-hydrogen) atoms. The molecule has 1 fully saturated rings. The standard InChI is InChI=1S/C20H24N4O4S/c1-16(25)23-12-14-24(15-13-23)29(27,28)19-10-8-17(9-11-19)20(26)21-22(2)18-6-4-3-5-7-18/h3-11H,12-15H2,1-2H3,(H,21,26). The van der Waals surface area contributed by atoms with Crippen molar-refractivity contribution in [2.45, 2.75) is 11.8 Å². The van der Waals surface area contributed by atoms with Gasteiger partial charge < -0.3 is 4.90 Å². The molecule has 0 unspecified atom stereocenters. The van der Waals surface area contributed by atoms with Gasteiger partial charge in [-0.3, -0.25) is 20.0 Å². The molecule has 9 heteroatoms. The Balaban J connectivity index is 1.66. The van der Waals surface area contributed by atoms with Gasteiger partial charge in [0.1, 0.15) is 0 Å². The van der Waals surface area contributed by atoms with Gasteiger partial charge in [0.25, 0.3) is 5.91 Å². The van der Waals surface area contributed by atoms with Crippen LogP contribution < -0.4 is 10.4 Å². The maximum absolute atomic E-state index is 12.8. The Bertz CT molecular complexity index is 969. The number of amides is 2. The Labute approximate surface area is 170 Å². The molecule has 0 bridgehead atoms. The number of para-hydroxylation sites is 1. The van der Waals surface area contributed by atoms with E-state index < -0.39 is 10.0 Å². The first-order chi connectivity index (χ1) is 13.8. The fraction of sp³-hybridized carbons (Fsp3) is 0.300. The molecule has 1 N–H and O–H groups in total. The molecular formula is C20H24N4O4S. The van der Waals surface area contributed by atoms with E-state index in [-0.39, 0.29) is 29.8 Å². The molecule has 154 valence electrons. The van der Waals surface area contributed by atoms with Gasteiger partial charge in [0.15, 0.2) is 0 Å². The minimum atomic E-state index is -3.67. The molecule has 0 aromatic heterocycles. The van der Waals surface area contributed by atoms with E-state index in [1.807, 2.05) is 30.3 Å². The van der Waals surface area contributed by atoms with Gasteiger partial charge in [-0.25, -0.2) is 8.42 Å². The molecule has 0 radical (unpaired) electrons. The van der Waals surface area contributed by atoms with Crippen LogP contribution in [0.1, 0.15) is 17.3 Å². The van der Waals surface area contributed by atoms with Gasteiger partial charge in [-0.2, -0.15) is 4.31 Å². The van der Waals surface area contributed by atoms with E-state index in [9.17, 15) is 18.0 Å². The van der Waals surface area contributed by atoms with Crippen molar-refractivity contribution in [1.29, 1.82) is 0 Å². The lowest BCUT2D eigenvalue weighted by Gasteiger charge is -2.33. The van der Waals surface area contributed by atoms with Crippen LogP contribution in [-0.2, 0) is 14.8 Å². The Morgan fingerprint density at radius 2 is 1.52 bits per heavy atom. The summed E-state index contributed by atoms with van der Waals surface area (Å²) >= 11 is 0. The molecule has 0 saturated carbocycles. The molecule has 0 aliphatic carbocycles. The summed E-state index contributed by atoms with van der Waals surface area (Å²) in [6, 6.07) is 15.2. The first kappa shape index (κ1) is 20.8. The molecule has 2 amide bonds. The third-order valence-electron chi connectivity index (χ3n) is 4.85. The highest BCUT2D eigenvalue weighted by atomic mass is 32.2. The van der Waals surface area contributed by atoms with Gasteiger partial charge in [-0.15, -0.1) is 0 Å². The molecule has 1 saturated heterocycles. The van der Waals surface area contributed by atoms with Crippen LogP contribution in [0.5, 0.6) is 0 Å². The van der Waals surface area contributed by atoms with Crippen molar-refractivity contribution < 1.29 is 18.0 Å². The van der Waals surface area contributed by atoms with E-state index >= 15 is 0 Å². The van der Waals surface area contributed by atoms with Gasteiger partial charge in [-0.05, 0) is 36.4 Å². The average Bonchev–Trinajstić information content (AvgIpc) is 2.74. The molecule has 0 atom stereocenters. The second-order valence-corrected chi connectivity index (χ2v) is 8.71. The smallest absolute Gasteiger partial charge is 0.269 e.